The lowest BCUT2D eigenvalue weighted by Crippen LogP contribution is -2.52. The van der Waals surface area contributed by atoms with E-state index in [2.05, 4.69) is 0 Å². The average molecular weight is 415 g/mol. The van der Waals surface area contributed by atoms with E-state index in [0.29, 0.717) is 56.7 Å². The molecule has 0 unspecified atom stereocenters. The molecule has 1 N–H and O–H groups in total. The molecular weight excluding hydrogens is 390 g/mol. The molecule has 160 valence electrons. The van der Waals surface area contributed by atoms with Crippen molar-refractivity contribution in [3.05, 3.63) is 34.2 Å². The number of carbonyl (C=O) groups is 2. The maximum atomic E-state index is 13.1. The van der Waals surface area contributed by atoms with E-state index in [0.717, 1.165) is 12.0 Å². The van der Waals surface area contributed by atoms with Crippen LogP contribution < -0.4 is 10.5 Å². The van der Waals surface area contributed by atoms with Crippen LogP contribution in [0.25, 0.3) is 11.0 Å². The van der Waals surface area contributed by atoms with Gasteiger partial charge in [0.05, 0.1) is 13.2 Å². The number of phenolic OH excluding ortho intramolecular Hbond substituents is 1. The number of ether oxygens (including phenoxy) is 1. The summed E-state index contributed by atoms with van der Waals surface area (Å²) in [5, 5.41) is 10.5. The van der Waals surface area contributed by atoms with Gasteiger partial charge >= 0.3 is 11.7 Å². The van der Waals surface area contributed by atoms with E-state index in [4.69, 9.17) is 9.15 Å². The molecule has 0 bridgehead atoms. The molecule has 2 aromatic rings. The van der Waals surface area contributed by atoms with Gasteiger partial charge < -0.3 is 24.1 Å². The number of benzene rings is 1. The molecule has 0 saturated carbocycles. The van der Waals surface area contributed by atoms with E-state index in [1.807, 2.05) is 4.90 Å². The Hall–Kier alpha value is -3.07. The molecule has 9 nitrogen and oxygen atoms in total. The Morgan fingerprint density at radius 3 is 2.67 bits per heavy atom. The second kappa shape index (κ2) is 8.35. The van der Waals surface area contributed by atoms with E-state index >= 15 is 0 Å². The van der Waals surface area contributed by atoms with E-state index < -0.39 is 5.63 Å². The van der Waals surface area contributed by atoms with Crippen molar-refractivity contribution < 1.29 is 23.8 Å². The van der Waals surface area contributed by atoms with Crippen molar-refractivity contribution in [3.8, 4) is 5.75 Å². The summed E-state index contributed by atoms with van der Waals surface area (Å²) in [6.45, 7) is 4.82. The van der Waals surface area contributed by atoms with Crippen LogP contribution in [0.2, 0.25) is 0 Å². The van der Waals surface area contributed by atoms with Crippen molar-refractivity contribution in [2.24, 2.45) is 0 Å². The fourth-order valence-corrected chi connectivity index (χ4v) is 4.12. The minimum absolute atomic E-state index is 0.0847. The van der Waals surface area contributed by atoms with Crippen LogP contribution in [0.3, 0.4) is 0 Å². The van der Waals surface area contributed by atoms with Crippen molar-refractivity contribution in [3.63, 3.8) is 0 Å². The van der Waals surface area contributed by atoms with Crippen molar-refractivity contribution in [1.82, 2.24) is 9.80 Å². The average Bonchev–Trinajstić information content (AvgIpc) is 2.74. The lowest BCUT2D eigenvalue weighted by Gasteiger charge is -2.35. The first kappa shape index (κ1) is 20.2. The summed E-state index contributed by atoms with van der Waals surface area (Å²) in [7, 11) is 0. The van der Waals surface area contributed by atoms with Gasteiger partial charge in [-0.2, -0.15) is 0 Å². The van der Waals surface area contributed by atoms with Crippen LogP contribution in [-0.2, 0) is 16.0 Å². The van der Waals surface area contributed by atoms with Gasteiger partial charge in [0.2, 0.25) is 5.91 Å². The predicted octanol–water partition coefficient (Wildman–Crippen LogP) is 1.55. The highest BCUT2D eigenvalue weighted by molar-refractivity contribution is 5.98. The number of anilines is 1. The maximum Gasteiger partial charge on any atom is 0.409 e. The van der Waals surface area contributed by atoms with Gasteiger partial charge in [0.1, 0.15) is 17.0 Å². The van der Waals surface area contributed by atoms with E-state index in [1.165, 1.54) is 11.0 Å². The highest BCUT2D eigenvalue weighted by Crippen LogP contribution is 2.32. The quantitative estimate of drug-likeness (QED) is 0.759. The van der Waals surface area contributed by atoms with Crippen LogP contribution >= 0.6 is 0 Å². The topological polar surface area (TPSA) is 104 Å². The molecular formula is C21H25N3O6. The molecule has 2 aliphatic heterocycles. The molecule has 1 aromatic carbocycles. The van der Waals surface area contributed by atoms with Gasteiger partial charge in [-0.3, -0.25) is 9.69 Å². The predicted molar refractivity (Wildman–Crippen MR) is 110 cm³/mol. The summed E-state index contributed by atoms with van der Waals surface area (Å²) in [5.41, 5.74) is 0.877. The zero-order chi connectivity index (χ0) is 21.3. The summed E-state index contributed by atoms with van der Waals surface area (Å²) in [5.74, 6) is -0.0891. The zero-order valence-corrected chi connectivity index (χ0v) is 16.9. The lowest BCUT2D eigenvalue weighted by atomic mass is 9.98. The number of hydrogen-bond acceptors (Lipinski definition) is 7. The van der Waals surface area contributed by atoms with Crippen molar-refractivity contribution >= 4 is 28.7 Å². The van der Waals surface area contributed by atoms with Gasteiger partial charge in [-0.15, -0.1) is 0 Å². The van der Waals surface area contributed by atoms with Gasteiger partial charge in [-0.25, -0.2) is 9.59 Å². The molecule has 0 spiro atoms. The van der Waals surface area contributed by atoms with E-state index in [-0.39, 0.29) is 30.0 Å². The van der Waals surface area contributed by atoms with Gasteiger partial charge in [0.25, 0.3) is 0 Å². The number of nitrogens with zero attached hydrogens (tertiary/aromatic N) is 3. The van der Waals surface area contributed by atoms with Crippen LogP contribution in [-0.4, -0.2) is 72.8 Å². The van der Waals surface area contributed by atoms with Crippen molar-refractivity contribution in [1.29, 1.82) is 0 Å². The van der Waals surface area contributed by atoms with Gasteiger partial charge in [0, 0.05) is 38.1 Å². The number of hydrogen-bond donors (Lipinski definition) is 1. The molecule has 1 aromatic heterocycles. The maximum absolute atomic E-state index is 13.1. The number of phenols is 1. The fraction of sp³-hybridized carbons (Fsp3) is 0.476. The Morgan fingerprint density at radius 1 is 1.17 bits per heavy atom. The first-order chi connectivity index (χ1) is 14.5. The Bertz CT molecular complexity index is 1030. The van der Waals surface area contributed by atoms with E-state index in [1.54, 1.807) is 24.0 Å². The number of carbonyl (C=O) groups excluding carboxylic acids is 2. The molecule has 0 aliphatic carbocycles. The van der Waals surface area contributed by atoms with Crippen LogP contribution in [0.5, 0.6) is 5.75 Å². The molecule has 3 heterocycles. The molecule has 1 saturated heterocycles. The number of rotatable bonds is 3. The molecule has 0 radical (unpaired) electrons. The van der Waals surface area contributed by atoms with Crippen molar-refractivity contribution in [2.75, 3.05) is 50.8 Å². The molecule has 2 amide bonds. The van der Waals surface area contributed by atoms with Crippen LogP contribution in [0.15, 0.2) is 27.4 Å². The fourth-order valence-electron chi connectivity index (χ4n) is 4.12. The summed E-state index contributed by atoms with van der Waals surface area (Å²) >= 11 is 0. The number of aryl methyl sites for hydroxylation is 1. The van der Waals surface area contributed by atoms with Gasteiger partial charge in [-0.1, -0.05) is 0 Å². The third kappa shape index (κ3) is 3.85. The zero-order valence-electron chi connectivity index (χ0n) is 16.9. The second-order valence-corrected chi connectivity index (χ2v) is 7.51. The van der Waals surface area contributed by atoms with E-state index in [9.17, 15) is 19.5 Å². The molecule has 30 heavy (non-hydrogen) atoms. The lowest BCUT2D eigenvalue weighted by molar-refractivity contribution is -0.120. The Morgan fingerprint density at radius 2 is 1.93 bits per heavy atom. The Labute approximate surface area is 173 Å². The molecule has 0 atom stereocenters. The standard InChI is InChI=1S/C21H25N3O6/c1-2-29-21(28)23-10-8-22(9-11-23)13-18(26)24-7-3-4-15-16-12-14(25)5-6-17(16)30-20(27)19(15)24/h5-6,12,25H,2-4,7-11,13H2,1H3. The Balaban J connectivity index is 1.51. The van der Waals surface area contributed by atoms with Crippen LogP contribution in [0, 0.1) is 0 Å². The largest absolute Gasteiger partial charge is 0.508 e. The minimum Gasteiger partial charge on any atom is -0.508 e. The number of amides is 2. The highest BCUT2D eigenvalue weighted by Gasteiger charge is 2.30. The summed E-state index contributed by atoms with van der Waals surface area (Å²) in [4.78, 5) is 42.6. The first-order valence-electron chi connectivity index (χ1n) is 10.2. The molecule has 4 rings (SSSR count). The van der Waals surface area contributed by atoms with Crippen molar-refractivity contribution in [2.45, 2.75) is 19.8 Å². The summed E-state index contributed by atoms with van der Waals surface area (Å²) in [6, 6.07) is 4.61. The third-order valence-corrected chi connectivity index (χ3v) is 5.61. The second-order valence-electron chi connectivity index (χ2n) is 7.51. The van der Waals surface area contributed by atoms with Gasteiger partial charge in [-0.05, 0) is 43.5 Å². The number of aromatic hydroxyl groups is 1. The third-order valence-electron chi connectivity index (χ3n) is 5.61. The van der Waals surface area contributed by atoms with Crippen LogP contribution in [0.4, 0.5) is 10.5 Å². The summed E-state index contributed by atoms with van der Waals surface area (Å²) < 4.78 is 10.4. The number of piperazine rings is 1. The molecule has 1 fully saturated rings. The highest BCUT2D eigenvalue weighted by atomic mass is 16.6. The molecule has 2 aliphatic rings. The Kier molecular flexibility index (Phi) is 5.63. The smallest absolute Gasteiger partial charge is 0.409 e. The normalized spacial score (nSPS) is 17.1. The first-order valence-corrected chi connectivity index (χ1v) is 10.2. The van der Waals surface area contributed by atoms with Crippen LogP contribution in [0.1, 0.15) is 18.9 Å². The summed E-state index contributed by atoms with van der Waals surface area (Å²) in [6.07, 6.45) is 1.04. The number of fused-ring (bicyclic) bond motifs is 3. The van der Waals surface area contributed by atoms with Gasteiger partial charge in [0.15, 0.2) is 0 Å². The minimum atomic E-state index is -0.539. The molecule has 9 heteroatoms. The monoisotopic (exact) mass is 415 g/mol. The SMILES string of the molecule is CCOC(=O)N1CCN(CC(=O)N2CCCc3c2c(=O)oc2ccc(O)cc32)CC1.